The van der Waals surface area contributed by atoms with Crippen LogP contribution in [0.25, 0.3) is 0 Å². The van der Waals surface area contributed by atoms with Gasteiger partial charge in [0.05, 0.1) is 27.7 Å². The Kier molecular flexibility index (Phi) is 53.7. The van der Waals surface area contributed by atoms with Gasteiger partial charge in [-0.1, -0.05) is 216 Å². The van der Waals surface area contributed by atoms with Gasteiger partial charge < -0.3 is 27.9 Å². The van der Waals surface area contributed by atoms with Crippen LogP contribution in [-0.2, 0) is 32.7 Å². The summed E-state index contributed by atoms with van der Waals surface area (Å²) in [6.45, 7) is 3.99. The number of hydrogen-bond donors (Lipinski definition) is 0. The molecule has 0 aliphatic rings. The molecule has 0 aromatic heterocycles. The molecule has 0 bridgehead atoms. The number of nitrogens with zero attached hydrogens (tertiary/aromatic N) is 1. The van der Waals surface area contributed by atoms with Crippen LogP contribution < -0.4 is 4.89 Å². The molecule has 2 unspecified atom stereocenters. The van der Waals surface area contributed by atoms with Crippen molar-refractivity contribution >= 4 is 19.8 Å². The molecule has 0 saturated carbocycles. The molecule has 9 nitrogen and oxygen atoms in total. The van der Waals surface area contributed by atoms with Crippen LogP contribution in [0, 0.1) is 0 Å². The van der Waals surface area contributed by atoms with E-state index in [1.807, 2.05) is 21.1 Å². The lowest BCUT2D eigenvalue weighted by atomic mass is 10.1. The lowest BCUT2D eigenvalue weighted by Crippen LogP contribution is -2.37. The molecule has 0 aliphatic heterocycles. The first-order chi connectivity index (χ1) is 38.0. The van der Waals surface area contributed by atoms with Crippen LogP contribution in [0.3, 0.4) is 0 Å². The van der Waals surface area contributed by atoms with Crippen LogP contribution in [-0.4, -0.2) is 70.0 Å². The minimum atomic E-state index is -4.66. The first-order valence-electron chi connectivity index (χ1n) is 29.8. The van der Waals surface area contributed by atoms with Crippen LogP contribution in [0.4, 0.5) is 0 Å². The highest BCUT2D eigenvalue weighted by Gasteiger charge is 2.21. The van der Waals surface area contributed by atoms with Gasteiger partial charge in [-0.2, -0.15) is 0 Å². The number of quaternary nitrogens is 1. The maximum atomic E-state index is 12.8. The monoisotopic (exact) mass is 1100 g/mol. The highest BCUT2D eigenvalue weighted by Crippen LogP contribution is 2.38. The molecule has 78 heavy (non-hydrogen) atoms. The van der Waals surface area contributed by atoms with E-state index in [4.69, 9.17) is 18.5 Å². The fourth-order valence-corrected chi connectivity index (χ4v) is 7.86. The van der Waals surface area contributed by atoms with Gasteiger partial charge in [0.25, 0.3) is 7.82 Å². The lowest BCUT2D eigenvalue weighted by molar-refractivity contribution is -0.870. The molecular weight excluding hydrogens is 990 g/mol. The third-order valence-corrected chi connectivity index (χ3v) is 12.7. The maximum absolute atomic E-state index is 12.8. The molecule has 0 saturated heterocycles. The van der Waals surface area contributed by atoms with Gasteiger partial charge in [-0.05, 0) is 135 Å². The Bertz CT molecular complexity index is 1920. The van der Waals surface area contributed by atoms with Gasteiger partial charge in [0.2, 0.25) is 0 Å². The summed E-state index contributed by atoms with van der Waals surface area (Å²) in [5.74, 6) is -0.917. The SMILES string of the molecule is CC/C=C\C/C=C\C/C=C\C/C=C\C/C=C\C/C=C\C/C=C\C/C=C\C/C=C\C/C=C\C/C=C\C/C=C\CCCCC(=O)OC(COC(=O)CCCCCCC/C=C\C/C=C\CCCCC)COP(=O)([O-])OCC[N+](C)(C)C. The number of phosphoric ester groups is 1. The second-order valence-corrected chi connectivity index (χ2v) is 21.7. The number of carbonyl (C=O) groups is 2. The van der Waals surface area contributed by atoms with E-state index in [0.29, 0.717) is 23.9 Å². The van der Waals surface area contributed by atoms with Crippen LogP contribution >= 0.6 is 7.82 Å². The summed E-state index contributed by atoms with van der Waals surface area (Å²) in [6.07, 6.45) is 87.0. The van der Waals surface area contributed by atoms with Gasteiger partial charge in [0.1, 0.15) is 19.8 Å². The quantitative estimate of drug-likeness (QED) is 0.0195. The second kappa shape index (κ2) is 57.1. The standard InChI is InChI=1S/C68H108NO8P/c1-6-8-10-12-14-16-18-20-22-23-24-25-26-27-28-29-30-31-32-33-34-35-36-37-38-39-40-41-42-43-44-45-47-49-51-53-55-57-59-61-68(71)77-66(65-76-78(72,73)75-63-62-69(3,4)5)64-74-67(70)60-58-56-54-52-50-48-46-21-19-17-15-13-11-9-7-2/h8,10,14-17,20-22,24-25,27-28,30-31,33-34,36-37,39-40,42-43,45-47,51,53,66H,6-7,9,11-13,18-19,23,26,29,32,35,38,41,44,48-50,52,54-65H2,1-5H3/b10-8-,16-14-,17-15-,22-20-,25-24-,28-27-,31-30-,34-33-,37-36-,40-39-,43-42-,46-21-,47-45-,53-51-. The van der Waals surface area contributed by atoms with E-state index in [1.165, 1.54) is 25.7 Å². The van der Waals surface area contributed by atoms with Gasteiger partial charge in [-0.15, -0.1) is 0 Å². The topological polar surface area (TPSA) is 111 Å². The van der Waals surface area contributed by atoms with Crippen LogP contribution in [0.2, 0.25) is 0 Å². The summed E-state index contributed by atoms with van der Waals surface area (Å²) < 4.78 is 34.0. The molecule has 0 amide bonds. The molecule has 0 aromatic rings. The number of ether oxygens (including phenoxy) is 2. The molecule has 0 aromatic carbocycles. The van der Waals surface area contributed by atoms with E-state index in [0.717, 1.165) is 128 Å². The molecule has 0 rings (SSSR count). The summed E-state index contributed by atoms with van der Waals surface area (Å²) in [5.41, 5.74) is 0. The van der Waals surface area contributed by atoms with Gasteiger partial charge in [0, 0.05) is 12.8 Å². The highest BCUT2D eigenvalue weighted by atomic mass is 31.2. The van der Waals surface area contributed by atoms with Crippen molar-refractivity contribution < 1.29 is 42.1 Å². The molecular formula is C68H108NO8P. The fourth-order valence-electron chi connectivity index (χ4n) is 7.14. The number of esters is 2. The maximum Gasteiger partial charge on any atom is 0.306 e. The first kappa shape index (κ1) is 73.4. The zero-order valence-electron chi connectivity index (χ0n) is 49.5. The van der Waals surface area contributed by atoms with Crippen molar-refractivity contribution in [2.45, 2.75) is 200 Å². The van der Waals surface area contributed by atoms with Gasteiger partial charge in [0.15, 0.2) is 6.10 Å². The Morgan fingerprint density at radius 2 is 0.731 bits per heavy atom. The average molecular weight is 1100 g/mol. The van der Waals surface area contributed by atoms with E-state index in [1.54, 1.807) is 0 Å². The molecule has 0 radical (unpaired) electrons. The number of hydrogen-bond acceptors (Lipinski definition) is 8. The zero-order chi connectivity index (χ0) is 57.0. The lowest BCUT2D eigenvalue weighted by Gasteiger charge is -2.28. The minimum absolute atomic E-state index is 0.0514. The Morgan fingerprint density at radius 1 is 0.410 bits per heavy atom. The number of phosphoric acid groups is 1. The number of likely N-dealkylation sites (N-methyl/N-ethyl adjacent to an activating group) is 1. The van der Waals surface area contributed by atoms with Gasteiger partial charge >= 0.3 is 11.9 Å². The molecule has 0 aliphatic carbocycles. The van der Waals surface area contributed by atoms with Crippen molar-refractivity contribution in [2.75, 3.05) is 47.5 Å². The minimum Gasteiger partial charge on any atom is -0.756 e. The third kappa shape index (κ3) is 60.6. The summed E-state index contributed by atoms with van der Waals surface area (Å²) in [4.78, 5) is 37.8. The van der Waals surface area contributed by atoms with Crippen LogP contribution in [0.1, 0.15) is 194 Å². The number of allylic oxidation sites excluding steroid dienone is 28. The van der Waals surface area contributed by atoms with E-state index in [9.17, 15) is 19.0 Å². The largest absolute Gasteiger partial charge is 0.756 e. The predicted molar refractivity (Wildman–Crippen MR) is 332 cm³/mol. The van der Waals surface area contributed by atoms with Gasteiger partial charge in [-0.25, -0.2) is 0 Å². The average Bonchev–Trinajstić information content (AvgIpc) is 3.41. The molecule has 0 N–H and O–H groups in total. The number of rotatable bonds is 52. The highest BCUT2D eigenvalue weighted by molar-refractivity contribution is 7.45. The molecule has 0 heterocycles. The van der Waals surface area contributed by atoms with E-state index in [-0.39, 0.29) is 26.1 Å². The Hall–Kier alpha value is -4.63. The van der Waals surface area contributed by atoms with Crippen molar-refractivity contribution in [1.29, 1.82) is 0 Å². The summed E-state index contributed by atoms with van der Waals surface area (Å²) in [6, 6.07) is 0. The normalized spacial score (nSPS) is 14.5. The molecule has 0 fully saturated rings. The van der Waals surface area contributed by atoms with E-state index >= 15 is 0 Å². The van der Waals surface area contributed by atoms with Crippen molar-refractivity contribution in [1.82, 2.24) is 0 Å². The fraction of sp³-hybridized carbons (Fsp3) is 0.559. The number of carbonyl (C=O) groups excluding carboxylic acids is 2. The molecule has 0 spiro atoms. The summed E-state index contributed by atoms with van der Waals surface area (Å²) >= 11 is 0. The molecule has 10 heteroatoms. The van der Waals surface area contributed by atoms with Crippen LogP contribution in [0.15, 0.2) is 170 Å². The second-order valence-electron chi connectivity index (χ2n) is 20.3. The van der Waals surface area contributed by atoms with Gasteiger partial charge in [-0.3, -0.25) is 14.2 Å². The van der Waals surface area contributed by atoms with Crippen molar-refractivity contribution in [3.8, 4) is 0 Å². The third-order valence-electron chi connectivity index (χ3n) is 11.7. The zero-order valence-corrected chi connectivity index (χ0v) is 50.4. The molecule has 2 atom stereocenters. The summed E-state index contributed by atoms with van der Waals surface area (Å²) in [7, 11) is 1.10. The van der Waals surface area contributed by atoms with Crippen molar-refractivity contribution in [3.05, 3.63) is 170 Å². The Labute approximate surface area is 477 Å². The van der Waals surface area contributed by atoms with E-state index < -0.39 is 32.5 Å². The first-order valence-corrected chi connectivity index (χ1v) is 31.3. The van der Waals surface area contributed by atoms with E-state index in [2.05, 4.69) is 184 Å². The van der Waals surface area contributed by atoms with Crippen LogP contribution in [0.5, 0.6) is 0 Å². The Morgan fingerprint density at radius 3 is 1.12 bits per heavy atom. The summed E-state index contributed by atoms with van der Waals surface area (Å²) in [5, 5.41) is 0. The Balaban J connectivity index is 4.27. The predicted octanol–water partition coefficient (Wildman–Crippen LogP) is 18.4. The van der Waals surface area contributed by atoms with Crippen molar-refractivity contribution in [2.24, 2.45) is 0 Å². The molecule has 438 valence electrons. The smallest absolute Gasteiger partial charge is 0.306 e. The number of unbranched alkanes of at least 4 members (excludes halogenated alkanes) is 10. The van der Waals surface area contributed by atoms with Crippen molar-refractivity contribution in [3.63, 3.8) is 0 Å².